The second-order valence-corrected chi connectivity index (χ2v) is 12.0. The number of ether oxygens (including phenoxy) is 1. The van der Waals surface area contributed by atoms with Crippen molar-refractivity contribution < 1.29 is 43.7 Å². The summed E-state index contributed by atoms with van der Waals surface area (Å²) in [5.74, 6) is -5.74. The molecule has 0 aromatic heterocycles. The second-order valence-electron chi connectivity index (χ2n) is 12.0. The molecule has 1 heterocycles. The minimum absolute atomic E-state index is 0.122. The zero-order valence-corrected chi connectivity index (χ0v) is 26.9. The molecule has 1 rings (SSSR count). The molecule has 0 aromatic carbocycles. The molecule has 0 unspecified atom stereocenters. The van der Waals surface area contributed by atoms with Gasteiger partial charge in [0.25, 0.3) is 0 Å². The van der Waals surface area contributed by atoms with Gasteiger partial charge in [-0.15, -0.1) is 0 Å². The molecule has 14 heteroatoms. The maximum atomic E-state index is 13.3. The van der Waals surface area contributed by atoms with Crippen molar-refractivity contribution in [2.45, 2.75) is 129 Å². The predicted octanol–water partition coefficient (Wildman–Crippen LogP) is -0.207. The van der Waals surface area contributed by atoms with Crippen LogP contribution in [0.5, 0.6) is 0 Å². The van der Waals surface area contributed by atoms with Gasteiger partial charge >= 0.3 is 5.97 Å². The van der Waals surface area contributed by atoms with Crippen LogP contribution in [0.3, 0.4) is 0 Å². The number of hydrogen-bond donors (Lipinski definition) is 7. The van der Waals surface area contributed by atoms with E-state index < -0.39 is 96.9 Å². The predicted molar refractivity (Wildman–Crippen MR) is 162 cm³/mol. The molecule has 0 aromatic rings. The first-order chi connectivity index (χ1) is 20.8. The molecular weight excluding hydrogens is 574 g/mol. The van der Waals surface area contributed by atoms with Crippen molar-refractivity contribution in [3.63, 3.8) is 0 Å². The third-order valence-electron chi connectivity index (χ3n) is 7.47. The molecule has 1 aliphatic heterocycles. The van der Waals surface area contributed by atoms with Crippen LogP contribution in [-0.2, 0) is 33.5 Å². The molecule has 1 saturated heterocycles. The Morgan fingerprint density at radius 1 is 0.727 bits per heavy atom. The van der Waals surface area contributed by atoms with Gasteiger partial charge in [0.15, 0.2) is 0 Å². The Balaban J connectivity index is 3.30. The van der Waals surface area contributed by atoms with E-state index in [-0.39, 0.29) is 6.42 Å². The zero-order chi connectivity index (χ0) is 33.4. The summed E-state index contributed by atoms with van der Waals surface area (Å²) < 4.78 is 5.57. The van der Waals surface area contributed by atoms with E-state index in [0.29, 0.717) is 6.42 Å². The Morgan fingerprint density at radius 2 is 1.20 bits per heavy atom. The lowest BCUT2D eigenvalue weighted by Gasteiger charge is -2.31. The number of aliphatic hydroxyl groups excluding tert-OH is 2. The Hall–Kier alpha value is -3.26. The number of hydrogen-bond acceptors (Lipinski definition) is 9. The lowest BCUT2D eigenvalue weighted by atomic mass is 9.99. The third-order valence-corrected chi connectivity index (χ3v) is 7.47. The molecular formula is C30H53N5O9. The van der Waals surface area contributed by atoms with Gasteiger partial charge in [0.1, 0.15) is 36.3 Å². The van der Waals surface area contributed by atoms with E-state index in [0.717, 1.165) is 38.5 Å². The highest BCUT2D eigenvalue weighted by Gasteiger charge is 2.38. The van der Waals surface area contributed by atoms with Gasteiger partial charge in [0.2, 0.25) is 29.5 Å². The van der Waals surface area contributed by atoms with Crippen LogP contribution in [0, 0.1) is 11.8 Å². The van der Waals surface area contributed by atoms with Gasteiger partial charge in [0, 0.05) is 6.42 Å². The Morgan fingerprint density at radius 3 is 1.73 bits per heavy atom. The highest BCUT2D eigenvalue weighted by Crippen LogP contribution is 2.13. The normalized spacial score (nSPS) is 26.0. The first-order valence-corrected chi connectivity index (χ1v) is 15.7. The number of nitrogens with one attached hydrogen (secondary N) is 5. The van der Waals surface area contributed by atoms with Crippen molar-refractivity contribution in [3.8, 4) is 0 Å². The highest BCUT2D eigenvalue weighted by molar-refractivity contribution is 5.96. The van der Waals surface area contributed by atoms with Crippen LogP contribution in [0.4, 0.5) is 0 Å². The summed E-state index contributed by atoms with van der Waals surface area (Å²) in [6.07, 6.45) is 5.78. The Labute approximate surface area is 260 Å². The van der Waals surface area contributed by atoms with Crippen molar-refractivity contribution in [1.82, 2.24) is 26.6 Å². The van der Waals surface area contributed by atoms with Gasteiger partial charge in [-0.2, -0.15) is 0 Å². The van der Waals surface area contributed by atoms with Crippen molar-refractivity contribution in [2.75, 3.05) is 13.2 Å². The van der Waals surface area contributed by atoms with E-state index in [1.165, 1.54) is 6.92 Å². The van der Waals surface area contributed by atoms with Crippen LogP contribution >= 0.6 is 0 Å². The lowest BCUT2D eigenvalue weighted by Crippen LogP contribution is -2.63. The number of unbranched alkanes of at least 4 members (excludes halogenated alkanes) is 6. The monoisotopic (exact) mass is 627 g/mol. The Bertz CT molecular complexity index is 975. The van der Waals surface area contributed by atoms with Gasteiger partial charge in [-0.05, 0) is 25.2 Å². The standard InChI is InChI=1S/C30H53N5O9/c1-7-8-9-10-11-12-13-14-22(38)33-25-19(6)44-30(43)24(18(4)5)35-28(41)23(17(2)3)34-27(40)21(16-37)31-26(39)20(15-36)32-29(25)42/h17-21,23-25,36-37H,7-16H2,1-6H3,(H,31,39)(H,32,42)(H,33,38)(H,34,40)(H,35,41)/t19-,20-,21+,23-,24-,25+/m1/s1. The first-order valence-electron chi connectivity index (χ1n) is 15.7. The molecule has 0 saturated carbocycles. The second kappa shape index (κ2) is 19.9. The fourth-order valence-electron chi connectivity index (χ4n) is 4.66. The fraction of sp³-hybridized carbons (Fsp3) is 0.800. The number of cyclic esters (lactones) is 1. The summed E-state index contributed by atoms with van der Waals surface area (Å²) >= 11 is 0. The van der Waals surface area contributed by atoms with E-state index in [1.807, 2.05) is 0 Å². The van der Waals surface area contributed by atoms with Gasteiger partial charge in [0.05, 0.1) is 13.2 Å². The molecule has 1 aliphatic rings. The molecule has 7 N–H and O–H groups in total. The van der Waals surface area contributed by atoms with Gasteiger partial charge < -0.3 is 41.5 Å². The number of esters is 1. The number of carbonyl (C=O) groups is 6. The average Bonchev–Trinajstić information content (AvgIpc) is 2.96. The van der Waals surface area contributed by atoms with Crippen molar-refractivity contribution in [3.05, 3.63) is 0 Å². The van der Waals surface area contributed by atoms with Gasteiger partial charge in [-0.3, -0.25) is 24.0 Å². The quantitative estimate of drug-likeness (QED) is 0.106. The summed E-state index contributed by atoms with van der Waals surface area (Å²) in [4.78, 5) is 78.5. The topological polar surface area (TPSA) is 212 Å². The van der Waals surface area contributed by atoms with E-state index in [4.69, 9.17) is 4.74 Å². The summed E-state index contributed by atoms with van der Waals surface area (Å²) in [6, 6.07) is -6.84. The maximum absolute atomic E-state index is 13.3. The smallest absolute Gasteiger partial charge is 0.329 e. The van der Waals surface area contributed by atoms with Crippen LogP contribution in [0.15, 0.2) is 0 Å². The van der Waals surface area contributed by atoms with E-state index in [2.05, 4.69) is 33.5 Å². The average molecular weight is 628 g/mol. The molecule has 0 radical (unpaired) electrons. The molecule has 14 nitrogen and oxygen atoms in total. The molecule has 0 bridgehead atoms. The zero-order valence-electron chi connectivity index (χ0n) is 26.9. The molecule has 0 spiro atoms. The van der Waals surface area contributed by atoms with Crippen LogP contribution in [0.1, 0.15) is 92.9 Å². The van der Waals surface area contributed by atoms with Crippen LogP contribution in [-0.4, -0.2) is 95.2 Å². The van der Waals surface area contributed by atoms with E-state index in [1.54, 1.807) is 27.7 Å². The van der Waals surface area contributed by atoms with Crippen molar-refractivity contribution in [1.29, 1.82) is 0 Å². The molecule has 5 amide bonds. The minimum atomic E-state index is -1.57. The van der Waals surface area contributed by atoms with E-state index >= 15 is 0 Å². The summed E-state index contributed by atoms with van der Waals surface area (Å²) in [5.41, 5.74) is 0. The molecule has 44 heavy (non-hydrogen) atoms. The number of aliphatic hydroxyl groups is 2. The summed E-state index contributed by atoms with van der Waals surface area (Å²) in [6.45, 7) is 8.49. The molecule has 1 fully saturated rings. The fourth-order valence-corrected chi connectivity index (χ4v) is 4.66. The van der Waals surface area contributed by atoms with Gasteiger partial charge in [-0.1, -0.05) is 73.1 Å². The number of rotatable bonds is 13. The van der Waals surface area contributed by atoms with E-state index in [9.17, 15) is 39.0 Å². The molecule has 6 atom stereocenters. The van der Waals surface area contributed by atoms with Crippen LogP contribution in [0.2, 0.25) is 0 Å². The third kappa shape index (κ3) is 12.8. The summed E-state index contributed by atoms with van der Waals surface area (Å²) in [5, 5.41) is 31.9. The van der Waals surface area contributed by atoms with Crippen LogP contribution in [0.25, 0.3) is 0 Å². The number of amides is 5. The molecule has 0 aliphatic carbocycles. The SMILES string of the molecule is CCCCCCCCCC(=O)N[C@@H]1C(=O)N[C@H](CO)C(=O)N[C@@H](CO)C(=O)N[C@H](C(C)C)C(=O)N[C@H](C(C)C)C(=O)O[C@@H]1C. The van der Waals surface area contributed by atoms with Crippen molar-refractivity contribution in [2.24, 2.45) is 11.8 Å². The minimum Gasteiger partial charge on any atom is -0.458 e. The summed E-state index contributed by atoms with van der Waals surface area (Å²) in [7, 11) is 0. The number of carbonyl (C=O) groups excluding carboxylic acids is 6. The lowest BCUT2D eigenvalue weighted by molar-refractivity contribution is -0.157. The van der Waals surface area contributed by atoms with Crippen molar-refractivity contribution >= 4 is 35.5 Å². The largest absolute Gasteiger partial charge is 0.458 e. The van der Waals surface area contributed by atoms with Crippen LogP contribution < -0.4 is 26.6 Å². The highest BCUT2D eigenvalue weighted by atomic mass is 16.5. The Kier molecular flexibility index (Phi) is 17.5. The molecule has 252 valence electrons. The van der Waals surface area contributed by atoms with Gasteiger partial charge in [-0.25, -0.2) is 4.79 Å². The maximum Gasteiger partial charge on any atom is 0.329 e. The first kappa shape index (κ1) is 38.8.